The molecule has 3 aromatic rings. The van der Waals surface area contributed by atoms with E-state index >= 15 is 0 Å². The largest absolute Gasteiger partial charge is 0.486 e. The van der Waals surface area contributed by atoms with Crippen LogP contribution in [0.2, 0.25) is 5.02 Å². The monoisotopic (exact) mass is 379 g/mol. The molecule has 1 N–H and O–H groups in total. The van der Waals surface area contributed by atoms with Crippen LogP contribution in [0.25, 0.3) is 0 Å². The second-order valence-corrected chi connectivity index (χ2v) is 6.49. The van der Waals surface area contributed by atoms with Crippen molar-refractivity contribution < 1.29 is 18.3 Å². The fourth-order valence-electron chi connectivity index (χ4n) is 2.08. The van der Waals surface area contributed by atoms with Gasteiger partial charge in [0.15, 0.2) is 11.6 Å². The number of carbonyl (C=O) groups is 1. The number of rotatable bonds is 5. The van der Waals surface area contributed by atoms with Crippen LogP contribution in [0.15, 0.2) is 53.9 Å². The Morgan fingerprint density at radius 2 is 2.00 bits per heavy atom. The minimum Gasteiger partial charge on any atom is -0.486 e. The molecule has 0 aliphatic carbocycles. The Labute approximate surface area is 151 Å². The maximum Gasteiger partial charge on any atom is 0.265 e. The van der Waals surface area contributed by atoms with E-state index in [0.29, 0.717) is 21.2 Å². The van der Waals surface area contributed by atoms with Crippen molar-refractivity contribution >= 4 is 34.5 Å². The smallest absolute Gasteiger partial charge is 0.265 e. The number of benzene rings is 2. The summed E-state index contributed by atoms with van der Waals surface area (Å²) in [5, 5.41) is 5.02. The summed E-state index contributed by atoms with van der Waals surface area (Å²) in [5.74, 6) is -1.75. The lowest BCUT2D eigenvalue weighted by Gasteiger charge is -2.06. The van der Waals surface area contributed by atoms with E-state index in [4.69, 9.17) is 16.3 Å². The van der Waals surface area contributed by atoms with Gasteiger partial charge in [-0.3, -0.25) is 4.79 Å². The van der Waals surface area contributed by atoms with Gasteiger partial charge in [-0.15, -0.1) is 11.3 Å². The number of hydrogen-bond acceptors (Lipinski definition) is 3. The lowest BCUT2D eigenvalue weighted by atomic mass is 10.3. The van der Waals surface area contributed by atoms with E-state index in [1.54, 1.807) is 35.7 Å². The van der Waals surface area contributed by atoms with Gasteiger partial charge in [0.25, 0.3) is 5.91 Å². The van der Waals surface area contributed by atoms with Crippen molar-refractivity contribution in [3.05, 3.63) is 81.0 Å². The molecule has 1 heterocycles. The van der Waals surface area contributed by atoms with Crippen molar-refractivity contribution in [2.24, 2.45) is 0 Å². The highest BCUT2D eigenvalue weighted by molar-refractivity contribution is 7.12. The molecule has 1 aromatic heterocycles. The highest BCUT2D eigenvalue weighted by Gasteiger charge is 2.11. The first-order chi connectivity index (χ1) is 12.0. The van der Waals surface area contributed by atoms with Crippen molar-refractivity contribution in [1.82, 2.24) is 0 Å². The molecule has 0 unspecified atom stereocenters. The fourth-order valence-corrected chi connectivity index (χ4v) is 3.06. The molecule has 25 heavy (non-hydrogen) atoms. The molecule has 2 aromatic carbocycles. The van der Waals surface area contributed by atoms with Crippen LogP contribution in [-0.2, 0) is 6.61 Å². The van der Waals surface area contributed by atoms with Gasteiger partial charge in [-0.2, -0.15) is 0 Å². The molecule has 0 fully saturated rings. The molecule has 0 radical (unpaired) electrons. The first-order valence-electron chi connectivity index (χ1n) is 7.23. The number of halogens is 3. The van der Waals surface area contributed by atoms with E-state index in [9.17, 15) is 13.6 Å². The van der Waals surface area contributed by atoms with Gasteiger partial charge >= 0.3 is 0 Å². The second-order valence-electron chi connectivity index (χ2n) is 5.15. The third-order valence-corrected chi connectivity index (χ3v) is 4.46. The zero-order chi connectivity index (χ0) is 17.8. The van der Waals surface area contributed by atoms with Gasteiger partial charge in [-0.25, -0.2) is 8.78 Å². The third-order valence-electron chi connectivity index (χ3n) is 3.25. The molecule has 1 amide bonds. The normalized spacial score (nSPS) is 10.5. The lowest BCUT2D eigenvalue weighted by Crippen LogP contribution is -2.10. The van der Waals surface area contributed by atoms with E-state index in [-0.39, 0.29) is 18.3 Å². The zero-order valence-electron chi connectivity index (χ0n) is 12.8. The molecule has 0 aliphatic rings. The molecule has 0 spiro atoms. The van der Waals surface area contributed by atoms with Gasteiger partial charge in [-0.05, 0) is 41.8 Å². The number of nitrogens with one attached hydrogen (secondary N) is 1. The Balaban J connectivity index is 1.62. The van der Waals surface area contributed by atoms with E-state index in [0.717, 1.165) is 12.1 Å². The number of amides is 1. The van der Waals surface area contributed by atoms with Gasteiger partial charge in [0.1, 0.15) is 12.4 Å². The summed E-state index contributed by atoms with van der Waals surface area (Å²) < 4.78 is 31.7. The minimum absolute atomic E-state index is 0.0440. The van der Waals surface area contributed by atoms with Crippen molar-refractivity contribution in [2.75, 3.05) is 5.32 Å². The Hall–Kier alpha value is -2.44. The van der Waals surface area contributed by atoms with Gasteiger partial charge in [0, 0.05) is 22.3 Å². The first-order valence-corrected chi connectivity index (χ1v) is 8.49. The Morgan fingerprint density at radius 1 is 1.16 bits per heavy atom. The topological polar surface area (TPSA) is 38.3 Å². The Kier molecular flexibility index (Phi) is 5.31. The Bertz CT molecular complexity index is 914. The molecule has 0 aliphatic heterocycles. The molecular weight excluding hydrogens is 368 g/mol. The molecular formula is C18H12ClF2NO2S. The summed E-state index contributed by atoms with van der Waals surface area (Å²) in [5.41, 5.74) is 1.31. The quantitative estimate of drug-likeness (QED) is 0.634. The van der Waals surface area contributed by atoms with Crippen LogP contribution in [0.1, 0.15) is 15.2 Å². The Morgan fingerprint density at radius 3 is 2.76 bits per heavy atom. The first kappa shape index (κ1) is 17.4. The minimum atomic E-state index is -0.769. The lowest BCUT2D eigenvalue weighted by molar-refractivity contribution is 0.103. The second kappa shape index (κ2) is 7.63. The summed E-state index contributed by atoms with van der Waals surface area (Å²) in [6, 6.07) is 11.6. The van der Waals surface area contributed by atoms with Crippen LogP contribution in [0.5, 0.6) is 5.75 Å². The van der Waals surface area contributed by atoms with Crippen LogP contribution in [0.3, 0.4) is 0 Å². The van der Waals surface area contributed by atoms with Gasteiger partial charge < -0.3 is 10.1 Å². The van der Waals surface area contributed by atoms with Crippen LogP contribution in [0, 0.1) is 11.6 Å². The predicted molar refractivity (Wildman–Crippen MR) is 94.4 cm³/mol. The summed E-state index contributed by atoms with van der Waals surface area (Å²) in [6.45, 7) is 0.0729. The molecule has 3 rings (SSSR count). The van der Waals surface area contributed by atoms with E-state index < -0.39 is 11.6 Å². The predicted octanol–water partition coefficient (Wildman–Crippen LogP) is 5.51. The number of thiophene rings is 1. The average Bonchev–Trinajstić information content (AvgIpc) is 3.03. The molecule has 3 nitrogen and oxygen atoms in total. The maximum absolute atomic E-state index is 13.5. The molecule has 0 bridgehead atoms. The summed E-state index contributed by atoms with van der Waals surface area (Å²) >= 11 is 7.13. The van der Waals surface area contributed by atoms with Crippen LogP contribution in [-0.4, -0.2) is 5.91 Å². The third kappa shape index (κ3) is 4.55. The van der Waals surface area contributed by atoms with Crippen molar-refractivity contribution in [2.45, 2.75) is 6.61 Å². The number of hydrogen-bond donors (Lipinski definition) is 1. The molecule has 0 saturated heterocycles. The highest BCUT2D eigenvalue weighted by Crippen LogP contribution is 2.22. The summed E-state index contributed by atoms with van der Waals surface area (Å²) in [7, 11) is 0. The number of ether oxygens (including phenoxy) is 1. The van der Waals surface area contributed by atoms with Crippen molar-refractivity contribution in [3.63, 3.8) is 0 Å². The van der Waals surface area contributed by atoms with Crippen LogP contribution >= 0.6 is 22.9 Å². The van der Waals surface area contributed by atoms with E-state index in [1.165, 1.54) is 17.4 Å². The van der Waals surface area contributed by atoms with Gasteiger partial charge in [0.05, 0.1) is 4.88 Å². The average molecular weight is 380 g/mol. The van der Waals surface area contributed by atoms with Gasteiger partial charge in [0.2, 0.25) is 0 Å². The SMILES string of the molecule is O=C(Nc1cccc(Cl)c1)c1cc(COc2ccc(F)cc2F)cs1. The van der Waals surface area contributed by atoms with Crippen molar-refractivity contribution in [1.29, 1.82) is 0 Å². The van der Waals surface area contributed by atoms with Gasteiger partial charge in [-0.1, -0.05) is 17.7 Å². The fraction of sp³-hybridized carbons (Fsp3) is 0.0556. The highest BCUT2D eigenvalue weighted by atomic mass is 35.5. The van der Waals surface area contributed by atoms with E-state index in [1.807, 2.05) is 0 Å². The number of carbonyl (C=O) groups excluding carboxylic acids is 1. The van der Waals surface area contributed by atoms with Crippen molar-refractivity contribution in [3.8, 4) is 5.75 Å². The standard InChI is InChI=1S/C18H12ClF2NO2S/c19-12-2-1-3-14(7-12)22-18(23)17-6-11(10-25-17)9-24-16-5-4-13(20)8-15(16)21/h1-8,10H,9H2,(H,22,23). The summed E-state index contributed by atoms with van der Waals surface area (Å²) in [6.07, 6.45) is 0. The molecule has 0 atom stereocenters. The molecule has 7 heteroatoms. The zero-order valence-corrected chi connectivity index (χ0v) is 14.3. The molecule has 0 saturated carbocycles. The maximum atomic E-state index is 13.5. The van der Waals surface area contributed by atoms with Crippen LogP contribution in [0.4, 0.5) is 14.5 Å². The number of anilines is 1. The van der Waals surface area contributed by atoms with Crippen LogP contribution < -0.4 is 10.1 Å². The molecule has 128 valence electrons. The van der Waals surface area contributed by atoms with E-state index in [2.05, 4.69) is 5.32 Å². The summed E-state index contributed by atoms with van der Waals surface area (Å²) in [4.78, 5) is 12.7.